The van der Waals surface area contributed by atoms with Crippen molar-refractivity contribution in [2.24, 2.45) is 5.41 Å². The first kappa shape index (κ1) is 20.3. The lowest BCUT2D eigenvalue weighted by molar-refractivity contribution is -0.161. The van der Waals surface area contributed by atoms with Crippen molar-refractivity contribution in [3.63, 3.8) is 0 Å². The van der Waals surface area contributed by atoms with E-state index in [4.69, 9.17) is 18.9 Å². The van der Waals surface area contributed by atoms with Crippen LogP contribution in [0.1, 0.15) is 26.7 Å². The standard InChI is InChI=1S/C21H24O6/c1-5-21(6-2,19(22)26-17-11-7-15(24-3)8-12-17)20(23)27-18-13-9-16(25-4)10-14-18/h7-14H,5-6H2,1-4H3. The van der Waals surface area contributed by atoms with Crippen LogP contribution in [-0.4, -0.2) is 26.2 Å². The molecule has 0 saturated heterocycles. The predicted octanol–water partition coefficient (Wildman–Crippen LogP) is 4.02. The molecule has 0 amide bonds. The minimum atomic E-state index is -1.39. The van der Waals surface area contributed by atoms with Crippen molar-refractivity contribution in [3.8, 4) is 23.0 Å². The van der Waals surface area contributed by atoms with Gasteiger partial charge in [-0.25, -0.2) is 0 Å². The summed E-state index contributed by atoms with van der Waals surface area (Å²) in [6.45, 7) is 3.52. The summed E-state index contributed by atoms with van der Waals surface area (Å²) in [5.41, 5.74) is -1.39. The van der Waals surface area contributed by atoms with E-state index in [0.717, 1.165) is 0 Å². The van der Waals surface area contributed by atoms with Gasteiger partial charge in [-0.15, -0.1) is 0 Å². The van der Waals surface area contributed by atoms with Gasteiger partial charge >= 0.3 is 11.9 Å². The Balaban J connectivity index is 2.17. The number of methoxy groups -OCH3 is 2. The lowest BCUT2D eigenvalue weighted by Gasteiger charge is -2.26. The third-order valence-corrected chi connectivity index (χ3v) is 4.53. The van der Waals surface area contributed by atoms with Gasteiger partial charge < -0.3 is 18.9 Å². The van der Waals surface area contributed by atoms with Gasteiger partial charge in [0.15, 0.2) is 5.41 Å². The summed E-state index contributed by atoms with van der Waals surface area (Å²) in [5, 5.41) is 0. The molecule has 0 aliphatic carbocycles. The summed E-state index contributed by atoms with van der Waals surface area (Å²) in [4.78, 5) is 25.6. The lowest BCUT2D eigenvalue weighted by atomic mass is 9.82. The molecule has 144 valence electrons. The molecule has 0 heterocycles. The second-order valence-corrected chi connectivity index (χ2v) is 5.92. The van der Waals surface area contributed by atoms with E-state index in [-0.39, 0.29) is 12.8 Å². The van der Waals surface area contributed by atoms with E-state index in [2.05, 4.69) is 0 Å². The SMILES string of the molecule is CCC(CC)(C(=O)Oc1ccc(OC)cc1)C(=O)Oc1ccc(OC)cc1. The maximum atomic E-state index is 12.8. The first-order valence-corrected chi connectivity index (χ1v) is 8.71. The fraction of sp³-hybridized carbons (Fsp3) is 0.333. The Morgan fingerprint density at radius 1 is 0.667 bits per heavy atom. The zero-order valence-corrected chi connectivity index (χ0v) is 16.0. The Morgan fingerprint density at radius 2 is 0.963 bits per heavy atom. The average Bonchev–Trinajstić information content (AvgIpc) is 2.70. The molecule has 6 heteroatoms. The van der Waals surface area contributed by atoms with Crippen molar-refractivity contribution < 1.29 is 28.5 Å². The van der Waals surface area contributed by atoms with E-state index in [1.165, 1.54) is 0 Å². The molecule has 27 heavy (non-hydrogen) atoms. The summed E-state index contributed by atoms with van der Waals surface area (Å²) in [5.74, 6) is 0.679. The molecule has 0 N–H and O–H groups in total. The van der Waals surface area contributed by atoms with Crippen LogP contribution in [0.3, 0.4) is 0 Å². The number of esters is 2. The minimum Gasteiger partial charge on any atom is -0.497 e. The molecule has 0 atom stereocenters. The molecule has 0 spiro atoms. The fourth-order valence-electron chi connectivity index (χ4n) is 2.61. The van der Waals surface area contributed by atoms with E-state index >= 15 is 0 Å². The highest BCUT2D eigenvalue weighted by atomic mass is 16.6. The van der Waals surface area contributed by atoms with Crippen LogP contribution in [-0.2, 0) is 9.59 Å². The Hall–Kier alpha value is -3.02. The van der Waals surface area contributed by atoms with E-state index in [1.807, 2.05) is 0 Å². The van der Waals surface area contributed by atoms with Gasteiger partial charge in [-0.05, 0) is 61.4 Å². The topological polar surface area (TPSA) is 71.1 Å². The van der Waals surface area contributed by atoms with Crippen LogP contribution < -0.4 is 18.9 Å². The van der Waals surface area contributed by atoms with Crippen molar-refractivity contribution >= 4 is 11.9 Å². The molecular formula is C21H24O6. The molecule has 0 aliphatic rings. The Morgan fingerprint density at radius 3 is 1.22 bits per heavy atom. The quantitative estimate of drug-likeness (QED) is 0.396. The number of carbonyl (C=O) groups excluding carboxylic acids is 2. The normalized spacial score (nSPS) is 10.8. The number of carbonyl (C=O) groups is 2. The Labute approximate surface area is 159 Å². The summed E-state index contributed by atoms with van der Waals surface area (Å²) in [6.07, 6.45) is 0.515. The molecule has 0 saturated carbocycles. The van der Waals surface area contributed by atoms with Crippen LogP contribution in [0.15, 0.2) is 48.5 Å². The lowest BCUT2D eigenvalue weighted by Crippen LogP contribution is -2.43. The van der Waals surface area contributed by atoms with Crippen molar-refractivity contribution in [3.05, 3.63) is 48.5 Å². The van der Waals surface area contributed by atoms with E-state index < -0.39 is 17.4 Å². The molecule has 6 nitrogen and oxygen atoms in total. The third-order valence-electron chi connectivity index (χ3n) is 4.53. The highest BCUT2D eigenvalue weighted by molar-refractivity contribution is 6.01. The molecule has 0 aromatic heterocycles. The zero-order chi connectivity index (χ0) is 19.9. The highest BCUT2D eigenvalue weighted by Crippen LogP contribution is 2.32. The van der Waals surface area contributed by atoms with Crippen LogP contribution in [0.25, 0.3) is 0 Å². The zero-order valence-electron chi connectivity index (χ0n) is 16.0. The number of rotatable bonds is 8. The van der Waals surface area contributed by atoms with Gasteiger partial charge in [0.05, 0.1) is 14.2 Å². The van der Waals surface area contributed by atoms with Crippen molar-refractivity contribution in [1.82, 2.24) is 0 Å². The van der Waals surface area contributed by atoms with E-state index in [0.29, 0.717) is 23.0 Å². The van der Waals surface area contributed by atoms with Gasteiger partial charge in [0.25, 0.3) is 0 Å². The van der Waals surface area contributed by atoms with Crippen molar-refractivity contribution in [2.45, 2.75) is 26.7 Å². The van der Waals surface area contributed by atoms with Crippen molar-refractivity contribution in [1.29, 1.82) is 0 Å². The number of hydrogen-bond donors (Lipinski definition) is 0. The highest BCUT2D eigenvalue weighted by Gasteiger charge is 2.46. The molecule has 2 aromatic rings. The molecule has 2 rings (SSSR count). The average molecular weight is 372 g/mol. The molecule has 0 bridgehead atoms. The monoisotopic (exact) mass is 372 g/mol. The van der Waals surface area contributed by atoms with Gasteiger partial charge in [-0.2, -0.15) is 0 Å². The smallest absolute Gasteiger partial charge is 0.328 e. The third kappa shape index (κ3) is 4.58. The molecular weight excluding hydrogens is 348 g/mol. The first-order chi connectivity index (χ1) is 13.0. The van der Waals surface area contributed by atoms with Crippen LogP contribution in [0.2, 0.25) is 0 Å². The molecule has 0 aliphatic heterocycles. The first-order valence-electron chi connectivity index (χ1n) is 8.71. The van der Waals surface area contributed by atoms with E-state index in [9.17, 15) is 9.59 Å². The molecule has 0 unspecified atom stereocenters. The van der Waals surface area contributed by atoms with Gasteiger partial charge in [0.2, 0.25) is 0 Å². The molecule has 0 fully saturated rings. The maximum absolute atomic E-state index is 12.8. The summed E-state index contributed by atoms with van der Waals surface area (Å²) >= 11 is 0. The van der Waals surface area contributed by atoms with E-state index in [1.54, 1.807) is 76.6 Å². The summed E-state index contributed by atoms with van der Waals surface area (Å²) < 4.78 is 21.0. The van der Waals surface area contributed by atoms with Crippen LogP contribution in [0, 0.1) is 5.41 Å². The number of hydrogen-bond acceptors (Lipinski definition) is 6. The van der Waals surface area contributed by atoms with Gasteiger partial charge in [0, 0.05) is 0 Å². The fourth-order valence-corrected chi connectivity index (χ4v) is 2.61. The number of benzene rings is 2. The van der Waals surface area contributed by atoms with Crippen LogP contribution in [0.5, 0.6) is 23.0 Å². The number of ether oxygens (including phenoxy) is 4. The van der Waals surface area contributed by atoms with Crippen LogP contribution >= 0.6 is 0 Å². The minimum absolute atomic E-state index is 0.257. The second kappa shape index (κ2) is 9.07. The van der Waals surface area contributed by atoms with Gasteiger partial charge in [0.1, 0.15) is 23.0 Å². The summed E-state index contributed by atoms with van der Waals surface area (Å²) in [6, 6.07) is 13.2. The van der Waals surface area contributed by atoms with Crippen molar-refractivity contribution in [2.75, 3.05) is 14.2 Å². The molecule has 2 aromatic carbocycles. The largest absolute Gasteiger partial charge is 0.497 e. The van der Waals surface area contributed by atoms with Gasteiger partial charge in [-0.3, -0.25) is 9.59 Å². The summed E-state index contributed by atoms with van der Waals surface area (Å²) in [7, 11) is 3.10. The Bertz CT molecular complexity index is 697. The maximum Gasteiger partial charge on any atom is 0.328 e. The predicted molar refractivity (Wildman–Crippen MR) is 100 cm³/mol. The van der Waals surface area contributed by atoms with Crippen LogP contribution in [0.4, 0.5) is 0 Å². The Kier molecular flexibility index (Phi) is 6.82. The van der Waals surface area contributed by atoms with Gasteiger partial charge in [-0.1, -0.05) is 13.8 Å². The molecule has 0 radical (unpaired) electrons. The second-order valence-electron chi connectivity index (χ2n) is 5.92.